The molecule has 0 unspecified atom stereocenters. The van der Waals surface area contributed by atoms with Crippen LogP contribution in [0.2, 0.25) is 0 Å². The zero-order chi connectivity index (χ0) is 15.8. The van der Waals surface area contributed by atoms with E-state index < -0.39 is 21.8 Å². The predicted octanol–water partition coefficient (Wildman–Crippen LogP) is 2.21. The second-order valence-electron chi connectivity index (χ2n) is 5.55. The summed E-state index contributed by atoms with van der Waals surface area (Å²) in [5.74, 6) is -0.315. The lowest BCUT2D eigenvalue weighted by Crippen LogP contribution is -2.37. The molecule has 0 saturated heterocycles. The second kappa shape index (κ2) is 5.52. The van der Waals surface area contributed by atoms with Crippen LogP contribution in [-0.4, -0.2) is 32.4 Å². The summed E-state index contributed by atoms with van der Waals surface area (Å²) >= 11 is 0. The van der Waals surface area contributed by atoms with E-state index >= 15 is 0 Å². The standard InChI is InChI=1S/C15H19NO4S/c1-9-5-12-7-14(20-13(12)6-10(9)2)15(17)16-11(3)8-21(4,18)19/h5-7,11H,8H2,1-4H3,(H,16,17)/t11-/m1/s1. The number of benzene rings is 1. The van der Waals surface area contributed by atoms with Crippen molar-refractivity contribution >= 4 is 26.7 Å². The third-order valence-corrected chi connectivity index (χ3v) is 4.39. The van der Waals surface area contributed by atoms with Gasteiger partial charge >= 0.3 is 0 Å². The molecule has 1 amide bonds. The zero-order valence-corrected chi connectivity index (χ0v) is 13.4. The van der Waals surface area contributed by atoms with Crippen molar-refractivity contribution in [2.24, 2.45) is 0 Å². The fourth-order valence-electron chi connectivity index (χ4n) is 2.20. The summed E-state index contributed by atoms with van der Waals surface area (Å²) < 4.78 is 27.9. The number of amides is 1. The van der Waals surface area contributed by atoms with Gasteiger partial charge < -0.3 is 9.73 Å². The molecule has 114 valence electrons. The van der Waals surface area contributed by atoms with E-state index in [2.05, 4.69) is 5.32 Å². The summed E-state index contributed by atoms with van der Waals surface area (Å²) in [4.78, 5) is 12.1. The van der Waals surface area contributed by atoms with Crippen LogP contribution < -0.4 is 5.32 Å². The van der Waals surface area contributed by atoms with Gasteiger partial charge in [-0.1, -0.05) is 0 Å². The Bertz CT molecular complexity index is 750. The molecule has 2 rings (SSSR count). The van der Waals surface area contributed by atoms with Gasteiger partial charge in [-0.05, 0) is 50.1 Å². The average Bonchev–Trinajstić information content (AvgIpc) is 2.70. The van der Waals surface area contributed by atoms with Gasteiger partial charge in [-0.2, -0.15) is 0 Å². The predicted molar refractivity (Wildman–Crippen MR) is 82.3 cm³/mol. The Morgan fingerprint density at radius 1 is 1.24 bits per heavy atom. The van der Waals surface area contributed by atoms with Gasteiger partial charge in [0.2, 0.25) is 0 Å². The van der Waals surface area contributed by atoms with Gasteiger partial charge in [0.25, 0.3) is 5.91 Å². The normalized spacial score (nSPS) is 13.3. The number of sulfone groups is 1. The molecule has 0 aliphatic heterocycles. The average molecular weight is 309 g/mol. The maximum Gasteiger partial charge on any atom is 0.287 e. The zero-order valence-electron chi connectivity index (χ0n) is 12.6. The molecule has 0 aliphatic carbocycles. The first kappa shape index (κ1) is 15.6. The summed E-state index contributed by atoms with van der Waals surface area (Å²) in [5, 5.41) is 3.49. The van der Waals surface area contributed by atoms with Crippen LogP contribution in [0.1, 0.15) is 28.6 Å². The highest BCUT2D eigenvalue weighted by Gasteiger charge is 2.17. The van der Waals surface area contributed by atoms with Crippen LogP contribution in [0.5, 0.6) is 0 Å². The van der Waals surface area contributed by atoms with Crippen LogP contribution in [0.25, 0.3) is 11.0 Å². The second-order valence-corrected chi connectivity index (χ2v) is 7.74. The highest BCUT2D eigenvalue weighted by atomic mass is 32.2. The highest BCUT2D eigenvalue weighted by Crippen LogP contribution is 2.23. The number of furan rings is 1. The number of nitrogens with one attached hydrogen (secondary N) is 1. The molecule has 1 N–H and O–H groups in total. The Balaban J connectivity index is 2.20. The van der Waals surface area contributed by atoms with E-state index in [1.54, 1.807) is 13.0 Å². The number of carbonyl (C=O) groups excluding carboxylic acids is 1. The maximum atomic E-state index is 12.1. The van der Waals surface area contributed by atoms with Crippen LogP contribution in [0.4, 0.5) is 0 Å². The van der Waals surface area contributed by atoms with Crippen LogP contribution in [0.3, 0.4) is 0 Å². The molecular weight excluding hydrogens is 290 g/mol. The van der Waals surface area contributed by atoms with Crippen LogP contribution >= 0.6 is 0 Å². The molecule has 0 fully saturated rings. The number of hydrogen-bond donors (Lipinski definition) is 1. The Morgan fingerprint density at radius 2 is 1.86 bits per heavy atom. The molecule has 6 heteroatoms. The number of carbonyl (C=O) groups is 1. The van der Waals surface area contributed by atoms with Gasteiger partial charge in [-0.3, -0.25) is 4.79 Å². The van der Waals surface area contributed by atoms with Crippen molar-refractivity contribution in [3.8, 4) is 0 Å². The van der Waals surface area contributed by atoms with Crippen molar-refractivity contribution in [2.45, 2.75) is 26.8 Å². The maximum absolute atomic E-state index is 12.1. The van der Waals surface area contributed by atoms with Crippen molar-refractivity contribution < 1.29 is 17.6 Å². The van der Waals surface area contributed by atoms with Crippen molar-refractivity contribution in [1.82, 2.24) is 5.32 Å². The first-order chi connectivity index (χ1) is 9.65. The molecule has 0 saturated carbocycles. The largest absolute Gasteiger partial charge is 0.451 e. The minimum absolute atomic E-state index is 0.100. The van der Waals surface area contributed by atoms with Gasteiger partial charge in [0.15, 0.2) is 5.76 Å². The fourth-order valence-corrected chi connectivity index (χ4v) is 3.20. The minimum atomic E-state index is -3.13. The first-order valence-corrected chi connectivity index (χ1v) is 8.71. The SMILES string of the molecule is Cc1cc2cc(C(=O)N[C@H](C)CS(C)(=O)=O)oc2cc1C. The summed E-state index contributed by atoms with van der Waals surface area (Å²) in [6, 6.07) is 5.06. The minimum Gasteiger partial charge on any atom is -0.451 e. The molecule has 0 spiro atoms. The van der Waals surface area contributed by atoms with Crippen LogP contribution in [0.15, 0.2) is 22.6 Å². The van der Waals surface area contributed by atoms with Crippen molar-refractivity contribution in [3.05, 3.63) is 35.1 Å². The van der Waals surface area contributed by atoms with Gasteiger partial charge in [0.1, 0.15) is 15.4 Å². The number of rotatable bonds is 4. The third-order valence-electron chi connectivity index (χ3n) is 3.29. The Kier molecular flexibility index (Phi) is 4.09. The van der Waals surface area contributed by atoms with Crippen molar-refractivity contribution in [2.75, 3.05) is 12.0 Å². The van der Waals surface area contributed by atoms with Crippen molar-refractivity contribution in [1.29, 1.82) is 0 Å². The van der Waals surface area contributed by atoms with E-state index in [4.69, 9.17) is 4.42 Å². The highest BCUT2D eigenvalue weighted by molar-refractivity contribution is 7.90. The fraction of sp³-hybridized carbons (Fsp3) is 0.400. The summed E-state index contributed by atoms with van der Waals surface area (Å²) in [6.07, 6.45) is 1.14. The van der Waals surface area contributed by atoms with E-state index in [1.807, 2.05) is 26.0 Å². The van der Waals surface area contributed by atoms with E-state index in [0.29, 0.717) is 5.58 Å². The molecule has 2 aromatic rings. The summed E-state index contributed by atoms with van der Waals surface area (Å²) in [5.41, 5.74) is 2.87. The Morgan fingerprint density at radius 3 is 2.48 bits per heavy atom. The van der Waals surface area contributed by atoms with Crippen molar-refractivity contribution in [3.63, 3.8) is 0 Å². The topological polar surface area (TPSA) is 76.4 Å². The van der Waals surface area contributed by atoms with Gasteiger partial charge in [0.05, 0.1) is 5.75 Å². The summed E-state index contributed by atoms with van der Waals surface area (Å²) in [6.45, 7) is 5.62. The summed E-state index contributed by atoms with van der Waals surface area (Å²) in [7, 11) is -3.13. The van der Waals surface area contributed by atoms with E-state index in [1.165, 1.54) is 0 Å². The molecule has 1 heterocycles. The number of hydrogen-bond acceptors (Lipinski definition) is 4. The number of aryl methyl sites for hydroxylation is 2. The molecule has 21 heavy (non-hydrogen) atoms. The lowest BCUT2D eigenvalue weighted by molar-refractivity contribution is 0.0918. The Hall–Kier alpha value is -1.82. The van der Waals surface area contributed by atoms with E-state index in [0.717, 1.165) is 22.8 Å². The smallest absolute Gasteiger partial charge is 0.287 e. The molecule has 1 aromatic heterocycles. The van der Waals surface area contributed by atoms with E-state index in [-0.39, 0.29) is 11.5 Å². The Labute approximate surface area is 124 Å². The lowest BCUT2D eigenvalue weighted by Gasteiger charge is -2.11. The molecule has 0 radical (unpaired) electrons. The molecular formula is C15H19NO4S. The quantitative estimate of drug-likeness (QED) is 0.939. The lowest BCUT2D eigenvalue weighted by atomic mass is 10.1. The molecule has 0 aliphatic rings. The van der Waals surface area contributed by atoms with Crippen LogP contribution in [-0.2, 0) is 9.84 Å². The monoisotopic (exact) mass is 309 g/mol. The number of fused-ring (bicyclic) bond motifs is 1. The van der Waals surface area contributed by atoms with Gasteiger partial charge in [-0.15, -0.1) is 0 Å². The van der Waals surface area contributed by atoms with E-state index in [9.17, 15) is 13.2 Å². The van der Waals surface area contributed by atoms with Gasteiger partial charge in [-0.25, -0.2) is 8.42 Å². The molecule has 0 bridgehead atoms. The molecule has 1 aromatic carbocycles. The van der Waals surface area contributed by atoms with Gasteiger partial charge in [0, 0.05) is 17.7 Å². The molecule has 1 atom stereocenters. The molecule has 5 nitrogen and oxygen atoms in total. The van der Waals surface area contributed by atoms with Crippen LogP contribution in [0, 0.1) is 13.8 Å². The third kappa shape index (κ3) is 3.85. The first-order valence-electron chi connectivity index (χ1n) is 6.65.